The minimum atomic E-state index is -2.47. The third-order valence-corrected chi connectivity index (χ3v) is 3.75. The second-order valence-corrected chi connectivity index (χ2v) is 5.54. The number of carbonyl (C=O) groups excluding carboxylic acids is 3. The normalized spacial score (nSPS) is 21.3. The number of carbonyl (C=O) groups is 3. The molecule has 1 rings (SSSR count). The molecule has 1 fully saturated rings. The Balaban J connectivity index is 2.52. The topological polar surface area (TPSA) is 97.8 Å². The number of hydrogen-bond acceptors (Lipinski definition) is 5. The molecule has 8 heteroatoms. The number of imide groups is 1. The van der Waals surface area contributed by atoms with Gasteiger partial charge in [0.25, 0.3) is 0 Å². The third-order valence-electron chi connectivity index (χ3n) is 2.97. The van der Waals surface area contributed by atoms with Gasteiger partial charge in [-0.25, -0.2) is 4.31 Å². The van der Waals surface area contributed by atoms with Gasteiger partial charge in [-0.2, -0.15) is 0 Å². The zero-order chi connectivity index (χ0) is 14.6. The van der Waals surface area contributed by atoms with Gasteiger partial charge in [0, 0.05) is 49.7 Å². The summed E-state index contributed by atoms with van der Waals surface area (Å²) in [6.45, 7) is 3.17. The van der Waals surface area contributed by atoms with E-state index in [0.29, 0.717) is 0 Å². The number of likely N-dealkylation sites (tertiary alicyclic amines) is 1. The highest BCUT2D eigenvalue weighted by Gasteiger charge is 2.35. The molecule has 2 atom stereocenters. The van der Waals surface area contributed by atoms with E-state index in [-0.39, 0.29) is 56.0 Å². The van der Waals surface area contributed by atoms with Crippen molar-refractivity contribution in [2.45, 2.75) is 26.7 Å². The zero-order valence-corrected chi connectivity index (χ0v) is 11.8. The number of ketones is 1. The molecule has 0 N–H and O–H groups in total. The molecule has 7 nitrogen and oxygen atoms in total. The lowest BCUT2D eigenvalue weighted by Gasteiger charge is -2.25. The number of rotatable bonds is 7. The molecule has 0 saturated carbocycles. The Morgan fingerprint density at radius 1 is 1.47 bits per heavy atom. The first-order chi connectivity index (χ1) is 8.82. The molecule has 2 amide bonds. The SMILES string of the molecule is CC(=O)CCN(CCN1C(=O)CC(C)C1=O)S(=O)[O-]. The lowest BCUT2D eigenvalue weighted by molar-refractivity contribution is -0.139. The molecular weight excluding hydrogens is 272 g/mol. The quantitative estimate of drug-likeness (QED) is 0.463. The Bertz CT molecular complexity index is 412. The van der Waals surface area contributed by atoms with Gasteiger partial charge in [-0.15, -0.1) is 0 Å². The minimum absolute atomic E-state index is 0.0214. The van der Waals surface area contributed by atoms with Crippen molar-refractivity contribution in [3.05, 3.63) is 0 Å². The summed E-state index contributed by atoms with van der Waals surface area (Å²) in [5.41, 5.74) is 0. The molecule has 1 heterocycles. The predicted molar refractivity (Wildman–Crippen MR) is 66.3 cm³/mol. The standard InChI is InChI=1S/C11H18N2O5S/c1-8-7-10(15)13(11(8)16)6-5-12(19(17)18)4-3-9(2)14/h8H,3-7H2,1-2H3,(H,17,18)/p-1. The van der Waals surface area contributed by atoms with E-state index >= 15 is 0 Å². The Morgan fingerprint density at radius 3 is 2.53 bits per heavy atom. The summed E-state index contributed by atoms with van der Waals surface area (Å²) in [6.07, 6.45) is 0.291. The lowest BCUT2D eigenvalue weighted by atomic mass is 10.1. The van der Waals surface area contributed by atoms with Crippen molar-refractivity contribution in [1.82, 2.24) is 9.21 Å². The second-order valence-electron chi connectivity index (χ2n) is 4.59. The smallest absolute Gasteiger partial charge is 0.232 e. The fourth-order valence-electron chi connectivity index (χ4n) is 1.84. The fourth-order valence-corrected chi connectivity index (χ4v) is 2.31. The van der Waals surface area contributed by atoms with Crippen LogP contribution in [0.25, 0.3) is 0 Å². The molecule has 0 aromatic rings. The van der Waals surface area contributed by atoms with Crippen LogP contribution in [0.5, 0.6) is 0 Å². The van der Waals surface area contributed by atoms with Crippen molar-refractivity contribution >= 4 is 28.9 Å². The molecule has 19 heavy (non-hydrogen) atoms. The summed E-state index contributed by atoms with van der Waals surface area (Å²) < 4.78 is 23.0. The first-order valence-electron chi connectivity index (χ1n) is 6.01. The Labute approximate surface area is 114 Å². The zero-order valence-electron chi connectivity index (χ0n) is 11.0. The van der Waals surface area contributed by atoms with Crippen LogP contribution in [0.2, 0.25) is 0 Å². The highest BCUT2D eigenvalue weighted by Crippen LogP contribution is 2.18. The number of amides is 2. The van der Waals surface area contributed by atoms with Gasteiger partial charge >= 0.3 is 0 Å². The van der Waals surface area contributed by atoms with Crippen LogP contribution in [0, 0.1) is 5.92 Å². The van der Waals surface area contributed by atoms with Crippen LogP contribution >= 0.6 is 0 Å². The summed E-state index contributed by atoms with van der Waals surface area (Å²) >= 11 is -2.47. The van der Waals surface area contributed by atoms with E-state index in [1.165, 1.54) is 6.92 Å². The molecule has 0 radical (unpaired) electrons. The van der Waals surface area contributed by atoms with Gasteiger partial charge in [-0.05, 0) is 6.92 Å². The number of Topliss-reactive ketones (excluding diaryl/α,β-unsaturated/α-hetero) is 1. The van der Waals surface area contributed by atoms with Crippen molar-refractivity contribution in [1.29, 1.82) is 0 Å². The van der Waals surface area contributed by atoms with Gasteiger partial charge in [0.1, 0.15) is 5.78 Å². The molecular formula is C11H17N2O5S-. The van der Waals surface area contributed by atoms with Crippen LogP contribution in [-0.2, 0) is 25.7 Å². The van der Waals surface area contributed by atoms with Crippen molar-refractivity contribution in [3.8, 4) is 0 Å². The maximum Gasteiger partial charge on any atom is 0.232 e. The molecule has 108 valence electrons. The average Bonchev–Trinajstić information content (AvgIpc) is 2.54. The Morgan fingerprint density at radius 2 is 2.11 bits per heavy atom. The largest absolute Gasteiger partial charge is 0.760 e. The first kappa shape index (κ1) is 15.9. The Hall–Kier alpha value is -1.12. The van der Waals surface area contributed by atoms with Gasteiger partial charge < -0.3 is 4.55 Å². The van der Waals surface area contributed by atoms with Crippen LogP contribution < -0.4 is 0 Å². The van der Waals surface area contributed by atoms with E-state index in [2.05, 4.69) is 0 Å². The first-order valence-corrected chi connectivity index (χ1v) is 7.04. The van der Waals surface area contributed by atoms with E-state index in [0.717, 1.165) is 9.21 Å². The van der Waals surface area contributed by atoms with Gasteiger partial charge in [-0.3, -0.25) is 23.5 Å². The van der Waals surface area contributed by atoms with E-state index in [1.54, 1.807) is 6.92 Å². The molecule has 0 aromatic carbocycles. The van der Waals surface area contributed by atoms with Gasteiger partial charge in [0.15, 0.2) is 0 Å². The second kappa shape index (κ2) is 6.88. The number of hydrogen-bond donors (Lipinski definition) is 0. The van der Waals surface area contributed by atoms with E-state index in [4.69, 9.17) is 0 Å². The number of nitrogens with zero attached hydrogens (tertiary/aromatic N) is 2. The van der Waals surface area contributed by atoms with Crippen molar-refractivity contribution in [2.24, 2.45) is 5.92 Å². The highest BCUT2D eigenvalue weighted by molar-refractivity contribution is 7.76. The van der Waals surface area contributed by atoms with E-state index < -0.39 is 11.3 Å². The third kappa shape index (κ3) is 4.48. The molecule has 1 aliphatic rings. The predicted octanol–water partition coefficient (Wildman–Crippen LogP) is -0.543. The fraction of sp³-hybridized carbons (Fsp3) is 0.727. The maximum atomic E-state index is 11.6. The minimum Gasteiger partial charge on any atom is -0.760 e. The molecule has 1 aliphatic heterocycles. The summed E-state index contributed by atoms with van der Waals surface area (Å²) in [6, 6.07) is 0. The van der Waals surface area contributed by atoms with Crippen LogP contribution in [0.15, 0.2) is 0 Å². The van der Waals surface area contributed by atoms with Crippen molar-refractivity contribution < 1.29 is 23.1 Å². The molecule has 0 aliphatic carbocycles. The summed E-state index contributed by atoms with van der Waals surface area (Å²) in [5, 5.41) is 0. The van der Waals surface area contributed by atoms with Crippen molar-refractivity contribution in [2.75, 3.05) is 19.6 Å². The summed E-state index contributed by atoms with van der Waals surface area (Å²) in [4.78, 5) is 35.1. The highest BCUT2D eigenvalue weighted by atomic mass is 32.2. The molecule has 0 aromatic heterocycles. The molecule has 1 saturated heterocycles. The average molecular weight is 289 g/mol. The van der Waals surface area contributed by atoms with Crippen LogP contribution in [0.3, 0.4) is 0 Å². The summed E-state index contributed by atoms with van der Waals surface area (Å²) in [5.74, 6) is -0.998. The van der Waals surface area contributed by atoms with Gasteiger partial charge in [0.05, 0.1) is 0 Å². The molecule has 2 unspecified atom stereocenters. The van der Waals surface area contributed by atoms with E-state index in [9.17, 15) is 23.1 Å². The molecule has 0 spiro atoms. The van der Waals surface area contributed by atoms with Crippen LogP contribution in [-0.4, -0.2) is 55.2 Å². The van der Waals surface area contributed by atoms with Crippen LogP contribution in [0.4, 0.5) is 0 Å². The lowest BCUT2D eigenvalue weighted by Crippen LogP contribution is -2.39. The molecule has 0 bridgehead atoms. The maximum absolute atomic E-state index is 11.6. The van der Waals surface area contributed by atoms with Gasteiger partial charge in [-0.1, -0.05) is 6.92 Å². The van der Waals surface area contributed by atoms with Crippen LogP contribution in [0.1, 0.15) is 26.7 Å². The Kier molecular flexibility index (Phi) is 5.77. The summed E-state index contributed by atoms with van der Waals surface area (Å²) in [7, 11) is 0. The van der Waals surface area contributed by atoms with E-state index in [1.807, 2.05) is 0 Å². The monoisotopic (exact) mass is 289 g/mol. The van der Waals surface area contributed by atoms with Gasteiger partial charge in [0.2, 0.25) is 11.8 Å². The van der Waals surface area contributed by atoms with Crippen molar-refractivity contribution in [3.63, 3.8) is 0 Å².